The summed E-state index contributed by atoms with van der Waals surface area (Å²) in [6, 6.07) is 8.20. The van der Waals surface area contributed by atoms with Crippen molar-refractivity contribution in [2.75, 3.05) is 26.7 Å². The van der Waals surface area contributed by atoms with Crippen molar-refractivity contribution < 1.29 is 8.42 Å². The Morgan fingerprint density at radius 2 is 2.30 bits per heavy atom. The predicted octanol–water partition coefficient (Wildman–Crippen LogP) is 1.18. The first-order valence-corrected chi connectivity index (χ1v) is 8.17. The number of nitrogens with zero attached hydrogens (tertiary/aromatic N) is 2. The van der Waals surface area contributed by atoms with Gasteiger partial charge in [0.2, 0.25) is 10.0 Å². The predicted molar refractivity (Wildman–Crippen MR) is 76.6 cm³/mol. The van der Waals surface area contributed by atoms with E-state index in [4.69, 9.17) is 5.26 Å². The lowest BCUT2D eigenvalue weighted by Gasteiger charge is -2.31. The minimum atomic E-state index is -3.49. The minimum Gasteiger partial charge on any atom is -0.319 e. The van der Waals surface area contributed by atoms with Gasteiger partial charge >= 0.3 is 0 Å². The highest BCUT2D eigenvalue weighted by molar-refractivity contribution is 7.89. The SMILES string of the molecule is CNCC1CCCN(S(=O)(=O)c2cccc(C#N)c2)C1. The summed E-state index contributed by atoms with van der Waals surface area (Å²) in [5.74, 6) is 0.350. The average Bonchev–Trinajstić information content (AvgIpc) is 2.48. The summed E-state index contributed by atoms with van der Waals surface area (Å²) in [5, 5.41) is 12.0. The van der Waals surface area contributed by atoms with E-state index in [1.54, 1.807) is 18.2 Å². The van der Waals surface area contributed by atoms with Crippen molar-refractivity contribution in [1.29, 1.82) is 5.26 Å². The van der Waals surface area contributed by atoms with Crippen LogP contribution >= 0.6 is 0 Å². The molecule has 1 aliphatic heterocycles. The molecule has 0 amide bonds. The summed E-state index contributed by atoms with van der Waals surface area (Å²) >= 11 is 0. The lowest BCUT2D eigenvalue weighted by molar-refractivity contribution is 0.263. The molecule has 1 N–H and O–H groups in total. The Kier molecular flexibility index (Phi) is 4.76. The lowest BCUT2D eigenvalue weighted by atomic mass is 10.00. The number of sulfonamides is 1. The molecule has 1 aliphatic rings. The van der Waals surface area contributed by atoms with Crippen molar-refractivity contribution in [1.82, 2.24) is 9.62 Å². The fourth-order valence-electron chi connectivity index (χ4n) is 2.58. The van der Waals surface area contributed by atoms with Gasteiger partial charge in [-0.25, -0.2) is 8.42 Å². The summed E-state index contributed by atoms with van der Waals surface area (Å²) in [7, 11) is -1.61. The Bertz CT molecular complexity index is 605. The van der Waals surface area contributed by atoms with Gasteiger partial charge in [0, 0.05) is 13.1 Å². The first-order chi connectivity index (χ1) is 9.57. The molecule has 5 nitrogen and oxygen atoms in total. The Balaban J connectivity index is 2.23. The van der Waals surface area contributed by atoms with E-state index in [2.05, 4.69) is 5.32 Å². The number of benzene rings is 1. The number of nitriles is 1. The average molecular weight is 293 g/mol. The van der Waals surface area contributed by atoms with Crippen LogP contribution in [0.3, 0.4) is 0 Å². The maximum absolute atomic E-state index is 12.6. The van der Waals surface area contributed by atoms with Gasteiger partial charge in [0.05, 0.1) is 16.5 Å². The quantitative estimate of drug-likeness (QED) is 0.904. The van der Waals surface area contributed by atoms with E-state index in [0.717, 1.165) is 19.4 Å². The molecule has 0 aliphatic carbocycles. The molecule has 6 heteroatoms. The van der Waals surface area contributed by atoms with Crippen LogP contribution in [0.4, 0.5) is 0 Å². The molecule has 1 unspecified atom stereocenters. The third kappa shape index (κ3) is 3.18. The smallest absolute Gasteiger partial charge is 0.243 e. The van der Waals surface area contributed by atoms with Gasteiger partial charge in [-0.1, -0.05) is 6.07 Å². The zero-order chi connectivity index (χ0) is 14.6. The van der Waals surface area contributed by atoms with E-state index in [-0.39, 0.29) is 4.90 Å². The molecule has 1 aromatic rings. The van der Waals surface area contributed by atoms with Gasteiger partial charge in [-0.3, -0.25) is 0 Å². The van der Waals surface area contributed by atoms with E-state index in [9.17, 15) is 8.42 Å². The molecule has 0 spiro atoms. The van der Waals surface area contributed by atoms with Crippen molar-refractivity contribution in [3.8, 4) is 6.07 Å². The molecular weight excluding hydrogens is 274 g/mol. The van der Waals surface area contributed by atoms with Gasteiger partial charge in [0.1, 0.15) is 0 Å². The number of nitrogens with one attached hydrogen (secondary N) is 1. The second kappa shape index (κ2) is 6.35. The molecule has 20 heavy (non-hydrogen) atoms. The summed E-state index contributed by atoms with van der Waals surface area (Å²) in [6.07, 6.45) is 1.93. The molecule has 0 saturated carbocycles. The molecule has 108 valence electrons. The zero-order valence-electron chi connectivity index (χ0n) is 11.5. The van der Waals surface area contributed by atoms with Gasteiger partial charge in [-0.2, -0.15) is 9.57 Å². The van der Waals surface area contributed by atoms with Gasteiger partial charge in [-0.15, -0.1) is 0 Å². The van der Waals surface area contributed by atoms with Crippen LogP contribution in [0.5, 0.6) is 0 Å². The number of piperidine rings is 1. The van der Waals surface area contributed by atoms with Gasteiger partial charge in [-0.05, 0) is 50.6 Å². The molecule has 0 bridgehead atoms. The maximum atomic E-state index is 12.6. The van der Waals surface area contributed by atoms with Gasteiger partial charge in [0.25, 0.3) is 0 Å². The number of hydrogen-bond acceptors (Lipinski definition) is 4. The summed E-state index contributed by atoms with van der Waals surface area (Å²) in [4.78, 5) is 0.210. The van der Waals surface area contributed by atoms with Crippen LogP contribution in [0.15, 0.2) is 29.2 Å². The van der Waals surface area contributed by atoms with Gasteiger partial charge in [0.15, 0.2) is 0 Å². The van der Waals surface area contributed by atoms with Crippen molar-refractivity contribution in [2.24, 2.45) is 5.92 Å². The lowest BCUT2D eigenvalue weighted by Crippen LogP contribution is -2.42. The van der Waals surface area contributed by atoms with E-state index in [1.807, 2.05) is 13.1 Å². The van der Waals surface area contributed by atoms with Crippen LogP contribution in [0.1, 0.15) is 18.4 Å². The van der Waals surface area contributed by atoms with Crippen LogP contribution in [0, 0.1) is 17.2 Å². The largest absolute Gasteiger partial charge is 0.319 e. The molecular formula is C14H19N3O2S. The molecule has 1 atom stereocenters. The molecule has 1 heterocycles. The Labute approximate surface area is 120 Å². The molecule has 0 radical (unpaired) electrons. The van der Waals surface area contributed by atoms with Crippen LogP contribution in [0.2, 0.25) is 0 Å². The highest BCUT2D eigenvalue weighted by Crippen LogP contribution is 2.23. The standard InChI is InChI=1S/C14H19N3O2S/c1-16-10-13-5-3-7-17(11-13)20(18,19)14-6-2-4-12(8-14)9-15/h2,4,6,8,13,16H,3,5,7,10-11H2,1H3. The second-order valence-electron chi connectivity index (χ2n) is 5.07. The van der Waals surface area contributed by atoms with Gasteiger partial charge < -0.3 is 5.32 Å². The summed E-state index contributed by atoms with van der Waals surface area (Å²) < 4.78 is 26.7. The molecule has 0 aromatic heterocycles. The van der Waals surface area contributed by atoms with Crippen molar-refractivity contribution in [2.45, 2.75) is 17.7 Å². The topological polar surface area (TPSA) is 73.2 Å². The summed E-state index contributed by atoms with van der Waals surface area (Å²) in [5.41, 5.74) is 0.370. The van der Waals surface area contributed by atoms with E-state index in [1.165, 1.54) is 10.4 Å². The molecule has 1 saturated heterocycles. The van der Waals surface area contributed by atoms with Crippen LogP contribution in [0.25, 0.3) is 0 Å². The highest BCUT2D eigenvalue weighted by atomic mass is 32.2. The van der Waals surface area contributed by atoms with Crippen molar-refractivity contribution in [3.05, 3.63) is 29.8 Å². The second-order valence-corrected chi connectivity index (χ2v) is 7.01. The fraction of sp³-hybridized carbons (Fsp3) is 0.500. The van der Waals surface area contributed by atoms with E-state index in [0.29, 0.717) is 24.6 Å². The Hall–Kier alpha value is -1.42. The zero-order valence-corrected chi connectivity index (χ0v) is 12.4. The van der Waals surface area contributed by atoms with Crippen molar-refractivity contribution in [3.63, 3.8) is 0 Å². The van der Waals surface area contributed by atoms with E-state index < -0.39 is 10.0 Å². The minimum absolute atomic E-state index is 0.210. The Morgan fingerprint density at radius 1 is 1.50 bits per heavy atom. The molecule has 2 rings (SSSR count). The number of rotatable bonds is 4. The van der Waals surface area contributed by atoms with Crippen LogP contribution in [-0.2, 0) is 10.0 Å². The third-order valence-corrected chi connectivity index (χ3v) is 5.44. The fourth-order valence-corrected chi connectivity index (χ4v) is 4.18. The van der Waals surface area contributed by atoms with Crippen LogP contribution in [-0.4, -0.2) is 39.4 Å². The van der Waals surface area contributed by atoms with Crippen molar-refractivity contribution >= 4 is 10.0 Å². The summed E-state index contributed by atoms with van der Waals surface area (Å²) in [6.45, 7) is 1.92. The maximum Gasteiger partial charge on any atom is 0.243 e. The normalized spacial score (nSPS) is 20.5. The Morgan fingerprint density at radius 3 is 3.00 bits per heavy atom. The van der Waals surface area contributed by atoms with E-state index >= 15 is 0 Å². The first-order valence-electron chi connectivity index (χ1n) is 6.73. The number of hydrogen-bond donors (Lipinski definition) is 1. The first kappa shape index (κ1) is 15.0. The van der Waals surface area contributed by atoms with Crippen LogP contribution < -0.4 is 5.32 Å². The third-order valence-electron chi connectivity index (χ3n) is 3.58. The molecule has 1 fully saturated rings. The highest BCUT2D eigenvalue weighted by Gasteiger charge is 2.29. The molecule has 1 aromatic carbocycles. The monoisotopic (exact) mass is 293 g/mol.